The zero-order valence-electron chi connectivity index (χ0n) is 11.2. The van der Waals surface area contributed by atoms with Gasteiger partial charge in [0.25, 0.3) is 0 Å². The maximum absolute atomic E-state index is 12.9. The van der Waals surface area contributed by atoms with Crippen LogP contribution in [0, 0.1) is 5.82 Å². The van der Waals surface area contributed by atoms with Gasteiger partial charge < -0.3 is 15.4 Å². The standard InChI is InChI=1S/C14H21FN2O2/c1-19-9-3-7-17-14(18)11-16-8-6-12-4-2-5-13(15)10-12/h2,4-5,10,16H,3,6-9,11H2,1H3,(H,17,18). The van der Waals surface area contributed by atoms with Crippen molar-refractivity contribution in [3.63, 3.8) is 0 Å². The van der Waals surface area contributed by atoms with Gasteiger partial charge in [0, 0.05) is 20.3 Å². The highest BCUT2D eigenvalue weighted by molar-refractivity contribution is 5.77. The predicted molar refractivity (Wildman–Crippen MR) is 72.5 cm³/mol. The fraction of sp³-hybridized carbons (Fsp3) is 0.500. The molecule has 1 aromatic rings. The summed E-state index contributed by atoms with van der Waals surface area (Å²) < 4.78 is 17.8. The molecule has 106 valence electrons. The normalized spacial score (nSPS) is 10.4. The number of hydrogen-bond donors (Lipinski definition) is 2. The second-order valence-corrected chi connectivity index (χ2v) is 4.25. The van der Waals surface area contributed by atoms with E-state index in [1.165, 1.54) is 12.1 Å². The molecule has 5 heteroatoms. The van der Waals surface area contributed by atoms with E-state index < -0.39 is 0 Å². The van der Waals surface area contributed by atoms with Crippen molar-refractivity contribution < 1.29 is 13.9 Å². The molecule has 4 nitrogen and oxygen atoms in total. The fourth-order valence-electron chi connectivity index (χ4n) is 1.63. The molecular weight excluding hydrogens is 247 g/mol. The number of halogens is 1. The van der Waals surface area contributed by atoms with Crippen molar-refractivity contribution in [1.82, 2.24) is 10.6 Å². The zero-order valence-corrected chi connectivity index (χ0v) is 11.2. The van der Waals surface area contributed by atoms with Gasteiger partial charge in [-0.2, -0.15) is 0 Å². The number of rotatable bonds is 9. The average Bonchev–Trinajstić information content (AvgIpc) is 2.40. The topological polar surface area (TPSA) is 50.4 Å². The Morgan fingerprint density at radius 3 is 2.95 bits per heavy atom. The van der Waals surface area contributed by atoms with Gasteiger partial charge in [-0.15, -0.1) is 0 Å². The van der Waals surface area contributed by atoms with E-state index in [0.717, 1.165) is 12.0 Å². The van der Waals surface area contributed by atoms with Gasteiger partial charge in [-0.25, -0.2) is 4.39 Å². The molecule has 0 spiro atoms. The quantitative estimate of drug-likeness (QED) is 0.660. The van der Waals surface area contributed by atoms with Gasteiger partial charge in [0.1, 0.15) is 5.82 Å². The van der Waals surface area contributed by atoms with Crippen LogP contribution in [0.5, 0.6) is 0 Å². The number of amides is 1. The first-order valence-electron chi connectivity index (χ1n) is 6.43. The number of methoxy groups -OCH3 is 1. The molecule has 1 amide bonds. The maximum Gasteiger partial charge on any atom is 0.233 e. The van der Waals surface area contributed by atoms with E-state index in [1.54, 1.807) is 13.2 Å². The minimum absolute atomic E-state index is 0.0321. The van der Waals surface area contributed by atoms with Gasteiger partial charge in [-0.3, -0.25) is 4.79 Å². The summed E-state index contributed by atoms with van der Waals surface area (Å²) in [6, 6.07) is 6.49. The maximum atomic E-state index is 12.9. The molecule has 0 unspecified atom stereocenters. The molecule has 0 bridgehead atoms. The lowest BCUT2D eigenvalue weighted by atomic mass is 10.1. The lowest BCUT2D eigenvalue weighted by molar-refractivity contribution is -0.120. The Bertz CT molecular complexity index is 385. The zero-order chi connectivity index (χ0) is 13.9. The van der Waals surface area contributed by atoms with Crippen molar-refractivity contribution in [3.05, 3.63) is 35.6 Å². The predicted octanol–water partition coefficient (Wildman–Crippen LogP) is 1.11. The van der Waals surface area contributed by atoms with Crippen LogP contribution in [0.15, 0.2) is 24.3 Å². The fourth-order valence-corrected chi connectivity index (χ4v) is 1.63. The molecule has 1 rings (SSSR count). The minimum Gasteiger partial charge on any atom is -0.385 e. The van der Waals surface area contributed by atoms with Crippen LogP contribution in [0.25, 0.3) is 0 Å². The van der Waals surface area contributed by atoms with Crippen LogP contribution in [0.2, 0.25) is 0 Å². The molecule has 0 fully saturated rings. The van der Waals surface area contributed by atoms with Crippen molar-refractivity contribution in [2.45, 2.75) is 12.8 Å². The molecule has 1 aromatic carbocycles. The molecular formula is C14H21FN2O2. The first-order valence-corrected chi connectivity index (χ1v) is 6.43. The first kappa shape index (κ1) is 15.6. The van der Waals surface area contributed by atoms with E-state index >= 15 is 0 Å². The minimum atomic E-state index is -0.228. The molecule has 0 aromatic heterocycles. The Balaban J connectivity index is 2.05. The van der Waals surface area contributed by atoms with Crippen LogP contribution in [0.4, 0.5) is 4.39 Å². The van der Waals surface area contributed by atoms with Crippen LogP contribution in [0.3, 0.4) is 0 Å². The second kappa shape index (κ2) is 9.47. The molecule has 0 heterocycles. The number of benzene rings is 1. The summed E-state index contributed by atoms with van der Waals surface area (Å²) in [5.74, 6) is -0.260. The van der Waals surface area contributed by atoms with E-state index in [4.69, 9.17) is 4.74 Å². The van der Waals surface area contributed by atoms with Crippen molar-refractivity contribution in [2.75, 3.05) is 33.4 Å². The highest BCUT2D eigenvalue weighted by atomic mass is 19.1. The highest BCUT2D eigenvalue weighted by Crippen LogP contribution is 2.03. The van der Waals surface area contributed by atoms with Gasteiger partial charge in [-0.1, -0.05) is 12.1 Å². The monoisotopic (exact) mass is 268 g/mol. The van der Waals surface area contributed by atoms with E-state index in [9.17, 15) is 9.18 Å². The van der Waals surface area contributed by atoms with Gasteiger partial charge in [-0.05, 0) is 37.1 Å². The van der Waals surface area contributed by atoms with Crippen LogP contribution >= 0.6 is 0 Å². The van der Waals surface area contributed by atoms with Gasteiger partial charge in [0.15, 0.2) is 0 Å². The number of carbonyl (C=O) groups excluding carboxylic acids is 1. The van der Waals surface area contributed by atoms with E-state index in [1.807, 2.05) is 6.07 Å². The Labute approximate surface area is 113 Å². The molecule has 0 saturated carbocycles. The summed E-state index contributed by atoms with van der Waals surface area (Å²) in [4.78, 5) is 11.4. The van der Waals surface area contributed by atoms with E-state index in [-0.39, 0.29) is 18.3 Å². The average molecular weight is 268 g/mol. The molecule has 0 saturated heterocycles. The summed E-state index contributed by atoms with van der Waals surface area (Å²) in [6.07, 6.45) is 1.51. The molecule has 0 atom stereocenters. The van der Waals surface area contributed by atoms with Crippen LogP contribution in [-0.4, -0.2) is 39.3 Å². The van der Waals surface area contributed by atoms with Gasteiger partial charge in [0.05, 0.1) is 6.54 Å². The van der Waals surface area contributed by atoms with Gasteiger partial charge in [0.2, 0.25) is 5.91 Å². The lowest BCUT2D eigenvalue weighted by Crippen LogP contribution is -2.35. The third-order valence-corrected chi connectivity index (χ3v) is 2.61. The van der Waals surface area contributed by atoms with E-state index in [0.29, 0.717) is 26.1 Å². The second-order valence-electron chi connectivity index (χ2n) is 4.25. The van der Waals surface area contributed by atoms with Crippen molar-refractivity contribution in [3.8, 4) is 0 Å². The Morgan fingerprint density at radius 2 is 2.21 bits per heavy atom. The Morgan fingerprint density at radius 1 is 1.37 bits per heavy atom. The third-order valence-electron chi connectivity index (χ3n) is 2.61. The SMILES string of the molecule is COCCCNC(=O)CNCCc1cccc(F)c1. The number of carbonyl (C=O) groups is 1. The van der Waals surface area contributed by atoms with Crippen LogP contribution in [0.1, 0.15) is 12.0 Å². The summed E-state index contributed by atoms with van der Waals surface area (Å²) >= 11 is 0. The number of nitrogens with one attached hydrogen (secondary N) is 2. The Hall–Kier alpha value is -1.46. The highest BCUT2D eigenvalue weighted by Gasteiger charge is 2.00. The van der Waals surface area contributed by atoms with Crippen LogP contribution in [-0.2, 0) is 16.0 Å². The van der Waals surface area contributed by atoms with Crippen molar-refractivity contribution >= 4 is 5.91 Å². The van der Waals surface area contributed by atoms with E-state index in [2.05, 4.69) is 10.6 Å². The largest absolute Gasteiger partial charge is 0.385 e. The van der Waals surface area contributed by atoms with Crippen molar-refractivity contribution in [2.24, 2.45) is 0 Å². The van der Waals surface area contributed by atoms with Crippen LogP contribution < -0.4 is 10.6 Å². The number of ether oxygens (including phenoxy) is 1. The molecule has 2 N–H and O–H groups in total. The Kier molecular flexibility index (Phi) is 7.77. The summed E-state index contributed by atoms with van der Waals surface area (Å²) in [5.41, 5.74) is 0.924. The summed E-state index contributed by atoms with van der Waals surface area (Å²) in [5, 5.41) is 5.81. The molecule has 0 aliphatic rings. The molecule has 0 aliphatic carbocycles. The van der Waals surface area contributed by atoms with Crippen molar-refractivity contribution in [1.29, 1.82) is 0 Å². The summed E-state index contributed by atoms with van der Waals surface area (Å²) in [6.45, 7) is 2.20. The first-order chi connectivity index (χ1) is 9.22. The molecule has 19 heavy (non-hydrogen) atoms. The lowest BCUT2D eigenvalue weighted by Gasteiger charge is -2.06. The van der Waals surface area contributed by atoms with Gasteiger partial charge >= 0.3 is 0 Å². The smallest absolute Gasteiger partial charge is 0.233 e. The number of hydrogen-bond acceptors (Lipinski definition) is 3. The summed E-state index contributed by atoms with van der Waals surface area (Å²) in [7, 11) is 1.63. The molecule has 0 aliphatic heterocycles. The molecule has 0 radical (unpaired) electrons. The third kappa shape index (κ3) is 7.54.